The molecule has 0 bridgehead atoms. The molecule has 0 aliphatic carbocycles. The van der Waals surface area contributed by atoms with Crippen LogP contribution in [-0.4, -0.2) is 17.6 Å². The highest BCUT2D eigenvalue weighted by molar-refractivity contribution is 7.99. The molecule has 0 atom stereocenters. The van der Waals surface area contributed by atoms with Gasteiger partial charge in [-0.25, -0.2) is 4.79 Å². The van der Waals surface area contributed by atoms with E-state index in [-0.39, 0.29) is 5.91 Å². The summed E-state index contributed by atoms with van der Waals surface area (Å²) in [7, 11) is 0. The van der Waals surface area contributed by atoms with Gasteiger partial charge in [-0.3, -0.25) is 4.79 Å². The molecule has 0 saturated carbocycles. The van der Waals surface area contributed by atoms with Crippen LogP contribution in [0.1, 0.15) is 16.8 Å². The number of hydrogen-bond donors (Lipinski definition) is 1. The first-order valence-electron chi connectivity index (χ1n) is 6.56. The Bertz CT molecular complexity index is 685. The molecule has 0 fully saturated rings. The predicted molar refractivity (Wildman–Crippen MR) is 81.8 cm³/mol. The number of carbonyl (C=O) groups excluding carboxylic acids is 2. The highest BCUT2D eigenvalue weighted by Gasteiger charge is 2.16. The number of amides is 1. The van der Waals surface area contributed by atoms with Crippen LogP contribution < -0.4 is 10.1 Å². The SMILES string of the molecule is O=C1CCSc2ccc(C(=O)Oc3ccccc3)cc2N1. The van der Waals surface area contributed by atoms with Gasteiger partial charge in [0.2, 0.25) is 5.91 Å². The number of benzene rings is 2. The molecule has 0 unspecified atom stereocenters. The first-order chi connectivity index (χ1) is 10.2. The van der Waals surface area contributed by atoms with Gasteiger partial charge in [0.1, 0.15) is 5.75 Å². The van der Waals surface area contributed by atoms with Crippen molar-refractivity contribution >= 4 is 29.3 Å². The minimum Gasteiger partial charge on any atom is -0.423 e. The van der Waals surface area contributed by atoms with Crippen LogP contribution in [0.25, 0.3) is 0 Å². The number of fused-ring (bicyclic) bond motifs is 1. The van der Waals surface area contributed by atoms with Crippen LogP contribution in [0.15, 0.2) is 53.4 Å². The second kappa shape index (κ2) is 6.01. The lowest BCUT2D eigenvalue weighted by atomic mass is 10.2. The molecule has 1 N–H and O–H groups in total. The molecule has 2 aromatic rings. The maximum Gasteiger partial charge on any atom is 0.343 e. The summed E-state index contributed by atoms with van der Waals surface area (Å²) in [5, 5.41) is 2.81. The van der Waals surface area contributed by atoms with Gasteiger partial charge >= 0.3 is 5.97 Å². The van der Waals surface area contributed by atoms with Crippen molar-refractivity contribution in [3.05, 3.63) is 54.1 Å². The van der Waals surface area contributed by atoms with Gasteiger partial charge in [-0.2, -0.15) is 0 Å². The molecule has 1 amide bonds. The van der Waals surface area contributed by atoms with Crippen LogP contribution in [0.4, 0.5) is 5.69 Å². The van der Waals surface area contributed by atoms with Gasteiger partial charge in [0, 0.05) is 17.1 Å². The second-order valence-corrected chi connectivity index (χ2v) is 5.70. The highest BCUT2D eigenvalue weighted by atomic mass is 32.2. The van der Waals surface area contributed by atoms with Crippen LogP contribution in [0.5, 0.6) is 5.75 Å². The largest absolute Gasteiger partial charge is 0.423 e. The number of carbonyl (C=O) groups is 2. The van der Waals surface area contributed by atoms with Crippen LogP contribution in [0.2, 0.25) is 0 Å². The number of anilines is 1. The molecule has 21 heavy (non-hydrogen) atoms. The van der Waals surface area contributed by atoms with Crippen molar-refractivity contribution in [3.63, 3.8) is 0 Å². The van der Waals surface area contributed by atoms with Gasteiger partial charge in [-0.1, -0.05) is 18.2 Å². The van der Waals surface area contributed by atoms with Gasteiger partial charge in [-0.15, -0.1) is 11.8 Å². The van der Waals surface area contributed by atoms with Crippen LogP contribution >= 0.6 is 11.8 Å². The van der Waals surface area contributed by atoms with Gasteiger partial charge in [-0.05, 0) is 30.3 Å². The van der Waals surface area contributed by atoms with Crippen molar-refractivity contribution < 1.29 is 14.3 Å². The van der Waals surface area contributed by atoms with Crippen LogP contribution in [0, 0.1) is 0 Å². The zero-order chi connectivity index (χ0) is 14.7. The van der Waals surface area contributed by atoms with Crippen LogP contribution in [-0.2, 0) is 4.79 Å². The zero-order valence-electron chi connectivity index (χ0n) is 11.2. The fourth-order valence-electron chi connectivity index (χ4n) is 2.00. The fourth-order valence-corrected chi connectivity index (χ4v) is 2.94. The van der Waals surface area contributed by atoms with E-state index in [0.717, 1.165) is 10.6 Å². The first-order valence-corrected chi connectivity index (χ1v) is 7.55. The predicted octanol–water partition coefficient (Wildman–Crippen LogP) is 3.34. The Morgan fingerprint density at radius 2 is 1.95 bits per heavy atom. The summed E-state index contributed by atoms with van der Waals surface area (Å²) in [5.74, 6) is 0.769. The molecule has 1 heterocycles. The smallest absolute Gasteiger partial charge is 0.343 e. The van der Waals surface area contributed by atoms with Gasteiger partial charge in [0.15, 0.2) is 0 Å². The van der Waals surface area contributed by atoms with E-state index in [2.05, 4.69) is 5.32 Å². The van der Waals surface area contributed by atoms with E-state index < -0.39 is 5.97 Å². The molecule has 0 aromatic heterocycles. The van der Waals surface area contributed by atoms with Crippen molar-refractivity contribution in [2.24, 2.45) is 0 Å². The molecular weight excluding hydrogens is 286 g/mol. The Morgan fingerprint density at radius 3 is 2.76 bits per heavy atom. The molecule has 3 rings (SSSR count). The molecular formula is C16H13NO3S. The second-order valence-electron chi connectivity index (χ2n) is 4.56. The summed E-state index contributed by atoms with van der Waals surface area (Å²) in [4.78, 5) is 24.7. The third-order valence-corrected chi connectivity index (χ3v) is 4.11. The summed E-state index contributed by atoms with van der Waals surface area (Å²) in [6.45, 7) is 0. The van der Waals surface area contributed by atoms with E-state index in [0.29, 0.717) is 23.4 Å². The lowest BCUT2D eigenvalue weighted by Crippen LogP contribution is -2.12. The van der Waals surface area contributed by atoms with Crippen molar-refractivity contribution in [2.75, 3.05) is 11.1 Å². The molecule has 0 saturated heterocycles. The van der Waals surface area contributed by atoms with Crippen LogP contribution in [0.3, 0.4) is 0 Å². The minimum atomic E-state index is -0.438. The van der Waals surface area contributed by atoms with E-state index in [1.807, 2.05) is 12.1 Å². The maximum atomic E-state index is 12.1. The summed E-state index contributed by atoms with van der Waals surface area (Å²) < 4.78 is 5.29. The number of hydrogen-bond acceptors (Lipinski definition) is 4. The van der Waals surface area contributed by atoms with Gasteiger partial charge < -0.3 is 10.1 Å². The molecule has 0 radical (unpaired) electrons. The van der Waals surface area contributed by atoms with E-state index in [4.69, 9.17) is 4.74 Å². The maximum absolute atomic E-state index is 12.1. The van der Waals surface area contributed by atoms with Crippen molar-refractivity contribution in [1.29, 1.82) is 0 Å². The molecule has 0 spiro atoms. The lowest BCUT2D eigenvalue weighted by Gasteiger charge is -2.09. The number of para-hydroxylation sites is 1. The quantitative estimate of drug-likeness (QED) is 0.682. The average Bonchev–Trinajstić information content (AvgIpc) is 2.68. The van der Waals surface area contributed by atoms with Crippen molar-refractivity contribution in [3.8, 4) is 5.75 Å². The Morgan fingerprint density at radius 1 is 1.14 bits per heavy atom. The molecule has 1 aliphatic heterocycles. The highest BCUT2D eigenvalue weighted by Crippen LogP contribution is 2.31. The van der Waals surface area contributed by atoms with E-state index >= 15 is 0 Å². The summed E-state index contributed by atoms with van der Waals surface area (Å²) in [6, 6.07) is 14.1. The van der Waals surface area contributed by atoms with Gasteiger partial charge in [0.25, 0.3) is 0 Å². The molecule has 106 valence electrons. The normalized spacial score (nSPS) is 13.8. The molecule has 1 aliphatic rings. The van der Waals surface area contributed by atoms with E-state index in [1.54, 1.807) is 48.2 Å². The van der Waals surface area contributed by atoms with Crippen molar-refractivity contribution in [1.82, 2.24) is 0 Å². The molecule has 5 heteroatoms. The Hall–Kier alpha value is -2.27. The Labute approximate surface area is 126 Å². The summed E-state index contributed by atoms with van der Waals surface area (Å²) in [5.41, 5.74) is 1.09. The third kappa shape index (κ3) is 3.25. The zero-order valence-corrected chi connectivity index (χ0v) is 12.0. The Balaban J connectivity index is 1.83. The minimum absolute atomic E-state index is 0.0326. The molecule has 2 aromatic carbocycles. The molecule has 4 nitrogen and oxygen atoms in total. The van der Waals surface area contributed by atoms with E-state index in [1.165, 1.54) is 0 Å². The number of rotatable bonds is 2. The number of nitrogens with one attached hydrogen (secondary N) is 1. The monoisotopic (exact) mass is 299 g/mol. The number of thioether (sulfide) groups is 1. The van der Waals surface area contributed by atoms with Crippen molar-refractivity contribution in [2.45, 2.75) is 11.3 Å². The summed E-state index contributed by atoms with van der Waals surface area (Å²) in [6.07, 6.45) is 0.475. The third-order valence-electron chi connectivity index (χ3n) is 3.03. The lowest BCUT2D eigenvalue weighted by molar-refractivity contribution is -0.115. The van der Waals surface area contributed by atoms with E-state index in [9.17, 15) is 9.59 Å². The fraction of sp³-hybridized carbons (Fsp3) is 0.125. The number of ether oxygens (including phenoxy) is 1. The Kier molecular flexibility index (Phi) is 3.92. The first kappa shape index (κ1) is 13.7. The standard InChI is InChI=1S/C16H13NO3S/c18-15-8-9-21-14-7-6-11(10-13(14)17-15)16(19)20-12-4-2-1-3-5-12/h1-7,10H,8-9H2,(H,17,18). The van der Waals surface area contributed by atoms with Gasteiger partial charge in [0.05, 0.1) is 11.3 Å². The number of esters is 1. The topological polar surface area (TPSA) is 55.4 Å². The average molecular weight is 299 g/mol. The summed E-state index contributed by atoms with van der Waals surface area (Å²) >= 11 is 1.60.